The van der Waals surface area contributed by atoms with Crippen molar-refractivity contribution in [2.45, 2.75) is 137 Å². The molecule has 490 valence electrons. The number of nitriles is 2. The van der Waals surface area contributed by atoms with Crippen LogP contribution < -0.4 is 10.6 Å². The zero-order valence-electron chi connectivity index (χ0n) is 55.0. The molecule has 6 amide bonds. The van der Waals surface area contributed by atoms with Crippen molar-refractivity contribution in [1.29, 1.82) is 10.5 Å². The average molecular weight is 1270 g/mol. The summed E-state index contributed by atoms with van der Waals surface area (Å²) < 4.78 is 0. The molecule has 0 bridgehead atoms. The number of aromatic nitrogens is 8. The lowest BCUT2D eigenvalue weighted by Crippen LogP contribution is -2.48. The molecule has 2 aromatic heterocycles. The van der Waals surface area contributed by atoms with Gasteiger partial charge in [-0.1, -0.05) is 54.0 Å². The molecule has 0 spiro atoms. The maximum atomic E-state index is 13.6. The van der Waals surface area contributed by atoms with Crippen molar-refractivity contribution >= 4 is 35.4 Å². The van der Waals surface area contributed by atoms with E-state index in [9.17, 15) is 39.3 Å². The summed E-state index contributed by atoms with van der Waals surface area (Å²) >= 11 is 0. The van der Waals surface area contributed by atoms with Crippen LogP contribution in [0.5, 0.6) is 0 Å². The van der Waals surface area contributed by atoms with Gasteiger partial charge in [-0.15, -0.1) is 20.4 Å². The molecule has 6 aromatic rings. The number of hydrogen-bond donors (Lipinski definition) is 4. The number of amides is 6. The maximum absolute atomic E-state index is 13.6. The summed E-state index contributed by atoms with van der Waals surface area (Å²) in [6.07, 6.45) is 13.7. The molecule has 0 unspecified atom stereocenters. The Labute approximate surface area is 548 Å². The van der Waals surface area contributed by atoms with Gasteiger partial charge in [-0.25, -0.2) is 0 Å². The number of likely N-dealkylation sites (tertiary alicyclic amines) is 2. The Bertz CT molecular complexity index is 3810. The highest BCUT2D eigenvalue weighted by Gasteiger charge is 2.56. The second-order valence-electron chi connectivity index (χ2n) is 27.6. The van der Waals surface area contributed by atoms with Gasteiger partial charge in [0.15, 0.2) is 11.6 Å². The van der Waals surface area contributed by atoms with Crippen LogP contribution in [0.4, 0.5) is 0 Å². The number of piperidine rings is 2. The maximum Gasteiger partial charge on any atom is 0.253 e. The van der Waals surface area contributed by atoms with E-state index in [0.29, 0.717) is 96.7 Å². The molecular weight excluding hydrogens is 1190 g/mol. The van der Waals surface area contributed by atoms with E-state index >= 15 is 0 Å². The number of aryl methyl sites for hydroxylation is 4. The molecule has 7 atom stereocenters. The van der Waals surface area contributed by atoms with Gasteiger partial charge in [-0.3, -0.25) is 28.8 Å². The van der Waals surface area contributed by atoms with Crippen LogP contribution in [-0.4, -0.2) is 212 Å². The van der Waals surface area contributed by atoms with Crippen molar-refractivity contribution < 1.29 is 28.8 Å². The van der Waals surface area contributed by atoms with E-state index in [2.05, 4.69) is 64.0 Å². The fourth-order valence-electron chi connectivity index (χ4n) is 15.1. The number of nitrogens with one attached hydrogen (secondary N) is 4. The van der Waals surface area contributed by atoms with Crippen molar-refractivity contribution in [3.8, 4) is 12.1 Å². The third-order valence-electron chi connectivity index (χ3n) is 20.3. The number of H-pyrrole nitrogens is 2. The summed E-state index contributed by atoms with van der Waals surface area (Å²) in [6, 6.07) is 27.5. The van der Waals surface area contributed by atoms with Gasteiger partial charge in [-0.05, 0) is 194 Å². The van der Waals surface area contributed by atoms with Crippen LogP contribution in [0.3, 0.4) is 0 Å². The van der Waals surface area contributed by atoms with Crippen LogP contribution in [0.25, 0.3) is 0 Å². The van der Waals surface area contributed by atoms with Crippen molar-refractivity contribution in [2.24, 2.45) is 17.8 Å². The molecule has 4 saturated carbocycles. The lowest BCUT2D eigenvalue weighted by Gasteiger charge is -2.37. The van der Waals surface area contributed by atoms with E-state index in [1.165, 1.54) is 19.3 Å². The Morgan fingerprint density at radius 3 is 1.26 bits per heavy atom. The first-order valence-electron chi connectivity index (χ1n) is 33.0. The number of benzene rings is 4. The second-order valence-corrected chi connectivity index (χ2v) is 27.6. The van der Waals surface area contributed by atoms with Gasteiger partial charge in [0, 0.05) is 96.8 Å². The summed E-state index contributed by atoms with van der Waals surface area (Å²) in [5, 5.41) is 57.7. The van der Waals surface area contributed by atoms with Gasteiger partial charge in [0.1, 0.15) is 12.1 Å². The molecule has 8 aliphatic rings. The summed E-state index contributed by atoms with van der Waals surface area (Å²) in [5.41, 5.74) is 8.50. The fourth-order valence-corrected chi connectivity index (χ4v) is 15.1. The Hall–Kier alpha value is -9.26. The highest BCUT2D eigenvalue weighted by atomic mass is 16.2. The van der Waals surface area contributed by atoms with Crippen LogP contribution in [0.15, 0.2) is 72.8 Å². The van der Waals surface area contributed by atoms with E-state index < -0.39 is 10.8 Å². The van der Waals surface area contributed by atoms with Crippen LogP contribution in [0.1, 0.15) is 168 Å². The molecule has 24 heteroatoms. The summed E-state index contributed by atoms with van der Waals surface area (Å²) in [6.45, 7) is 0.711. The quantitative estimate of drug-likeness (QED) is 0.0873. The molecule has 0 radical (unpaired) electrons. The van der Waals surface area contributed by atoms with Crippen LogP contribution in [0, 0.1) is 40.4 Å². The minimum atomic E-state index is -0.888. The summed E-state index contributed by atoms with van der Waals surface area (Å²) in [4.78, 5) is 88.6. The normalized spacial score (nSPS) is 21.9. The second kappa shape index (κ2) is 26.6. The standard InChI is InChI=1S/C35H41N9O3.C32H37N9O3.C3H6/c1-42(2)32(46)23-9-11-27-21(13-23)7-8-22-14-24(33(47)43(3)4)10-12-28(22)35(27,34-38-40-41-39-34)17-29(20-5-6-20)37-19-31(45)44-26(18-36)15-25-16-30(25)44;1-39(2)29(43)21-7-9-25-19(13-21)5-6-20-14-22(30(44)40(3)4)8-10-26(20)32(25,31-35-37-38-36-31)11-12-34-18-28(42)41-24(17-33)15-23-16-27(23)41;1-2-3-1/h9-14,20,25-26,29-30,37H,5-8,15-17,19H2,1-4H3,(H,38,39,40,41);7-10,13-14,23-24,27,34H,5-6,11-12,15-16,18H2,1-4H3,(H,35,36,37,38);1-3H2/t25-,26+,29-,30+;23-,24+,27+;/m11./s1. The monoisotopic (exact) mass is 1270 g/mol. The van der Waals surface area contributed by atoms with E-state index in [1.54, 1.807) is 85.8 Å². The number of nitrogens with zero attached hydrogens (tertiary/aromatic N) is 14. The largest absolute Gasteiger partial charge is 0.345 e. The molecule has 6 aliphatic carbocycles. The van der Waals surface area contributed by atoms with Gasteiger partial charge >= 0.3 is 0 Å². The van der Waals surface area contributed by atoms with Gasteiger partial charge < -0.3 is 40.0 Å². The summed E-state index contributed by atoms with van der Waals surface area (Å²) in [5.74, 6) is 1.82. The first kappa shape index (κ1) is 64.8. The van der Waals surface area contributed by atoms with Crippen molar-refractivity contribution in [2.75, 3.05) is 76.0 Å². The Balaban J connectivity index is 0.000000173. The molecule has 24 nitrogen and oxygen atoms in total. The number of tetrazole rings is 2. The average Bonchev–Trinajstić information content (AvgIpc) is 1.47. The van der Waals surface area contributed by atoms with Gasteiger partial charge in [-0.2, -0.15) is 21.0 Å². The minimum absolute atomic E-state index is 0.0267. The van der Waals surface area contributed by atoms with Crippen molar-refractivity contribution in [3.63, 3.8) is 0 Å². The van der Waals surface area contributed by atoms with E-state index in [1.807, 2.05) is 72.8 Å². The van der Waals surface area contributed by atoms with Crippen molar-refractivity contribution in [3.05, 3.63) is 151 Å². The van der Waals surface area contributed by atoms with Gasteiger partial charge in [0.05, 0.1) is 36.1 Å². The highest BCUT2D eigenvalue weighted by molar-refractivity contribution is 5.96. The SMILES string of the molecule is C1CC1.CN(C)C(=O)c1ccc2c(c1)CCc1cc(C(=O)N(C)C)ccc1C2(CCNCC(=O)N1[C@H](C#N)C[C@@H]2C[C@@H]21)c1nn[nH]n1.CN(C)C(=O)c1ccc2c(c1)CCc1cc(C(=O)N(C)C)ccc1C2(C[C@@H](NCC(=O)N1[C@H](C#N)C[C@@H]2C[C@@H]21)C1CC1)c1nn[nH]n1. The Morgan fingerprint density at radius 1 is 0.543 bits per heavy atom. The minimum Gasteiger partial charge on any atom is -0.345 e. The number of hydrogen-bond acceptors (Lipinski definition) is 16. The Kier molecular flexibility index (Phi) is 18.4. The van der Waals surface area contributed by atoms with Crippen LogP contribution in [0.2, 0.25) is 0 Å². The number of aromatic amines is 2. The zero-order valence-corrected chi connectivity index (χ0v) is 55.0. The molecule has 4 heterocycles. The molecule has 2 saturated heterocycles. The molecule has 4 N–H and O–H groups in total. The van der Waals surface area contributed by atoms with E-state index in [0.717, 1.165) is 83.0 Å². The van der Waals surface area contributed by atoms with E-state index in [4.69, 9.17) is 0 Å². The lowest BCUT2D eigenvalue weighted by molar-refractivity contribution is -0.132. The predicted molar refractivity (Wildman–Crippen MR) is 347 cm³/mol. The third kappa shape index (κ3) is 12.7. The molecule has 14 rings (SSSR count). The number of carbonyl (C=O) groups excluding carboxylic acids is 6. The highest BCUT2D eigenvalue weighted by Crippen LogP contribution is 2.52. The summed E-state index contributed by atoms with van der Waals surface area (Å²) in [7, 11) is 13.9. The number of carbonyl (C=O) groups is 6. The topological polar surface area (TPSA) is 302 Å². The first-order chi connectivity index (χ1) is 45.3. The van der Waals surface area contributed by atoms with Crippen molar-refractivity contribution in [1.82, 2.24) is 81.3 Å². The molecule has 4 aromatic carbocycles. The van der Waals surface area contributed by atoms with Gasteiger partial charge in [0.2, 0.25) is 11.8 Å². The first-order valence-corrected chi connectivity index (χ1v) is 33.0. The smallest absolute Gasteiger partial charge is 0.253 e. The molecule has 94 heavy (non-hydrogen) atoms. The predicted octanol–water partition coefficient (Wildman–Crippen LogP) is 5.01. The van der Waals surface area contributed by atoms with Crippen LogP contribution >= 0.6 is 0 Å². The van der Waals surface area contributed by atoms with Gasteiger partial charge in [0.25, 0.3) is 23.6 Å². The Morgan fingerprint density at radius 2 is 0.915 bits per heavy atom. The molecular formula is C70H84N18O6. The molecule has 2 aliphatic heterocycles. The lowest BCUT2D eigenvalue weighted by atomic mass is 9.67. The number of fused-ring (bicyclic) bond motifs is 6. The third-order valence-corrected chi connectivity index (χ3v) is 20.3. The van der Waals surface area contributed by atoms with Crippen LogP contribution in [-0.2, 0) is 46.1 Å². The molecule has 6 fully saturated rings. The zero-order chi connectivity index (χ0) is 66.3. The van der Waals surface area contributed by atoms with E-state index in [-0.39, 0.29) is 78.7 Å². The fraction of sp³-hybridized carbons (Fsp3) is 0.514. The number of rotatable bonds is 17.